The number of ether oxygens (including phenoxy) is 2. The number of likely N-dealkylation sites (N-methyl/N-ethyl adjacent to an activating group) is 1. The molecular weight excluding hydrogens is 364 g/mol. The molecule has 0 bridgehead atoms. The van der Waals surface area contributed by atoms with Crippen LogP contribution >= 0.6 is 0 Å². The van der Waals surface area contributed by atoms with Crippen LogP contribution in [-0.4, -0.2) is 66.5 Å². The fraction of sp³-hybridized carbons (Fsp3) is 0.609. The first-order valence-corrected chi connectivity index (χ1v) is 10.7. The van der Waals surface area contributed by atoms with E-state index in [1.54, 1.807) is 14.2 Å². The number of hydrogen-bond donors (Lipinski definition) is 0. The summed E-state index contributed by atoms with van der Waals surface area (Å²) in [7, 11) is 5.63. The molecule has 1 aliphatic rings. The van der Waals surface area contributed by atoms with Crippen molar-refractivity contribution in [2.45, 2.75) is 52.2 Å². The van der Waals surface area contributed by atoms with Crippen molar-refractivity contribution in [2.24, 2.45) is 0 Å². The molecule has 1 aromatic heterocycles. The Bertz CT molecular complexity index is 789. The smallest absolute Gasteiger partial charge is 0.160 e. The van der Waals surface area contributed by atoms with Crippen LogP contribution in [0.1, 0.15) is 36.6 Å². The Morgan fingerprint density at radius 3 is 2.69 bits per heavy atom. The fourth-order valence-electron chi connectivity index (χ4n) is 4.26. The molecule has 0 aliphatic carbocycles. The molecule has 0 spiro atoms. The van der Waals surface area contributed by atoms with Gasteiger partial charge >= 0.3 is 0 Å². The van der Waals surface area contributed by atoms with Gasteiger partial charge in [-0.2, -0.15) is 5.10 Å². The first kappa shape index (κ1) is 21.7. The first-order chi connectivity index (χ1) is 14.0. The standard InChI is InChI=1S/C23H36N4O2/c1-6-27-18(2)20(15-24-27)16-26-12-7-8-21(17-26)25(3)13-11-19-9-10-22(28-4)23(14-19)29-5/h9-10,14-15,21H,6-8,11-13,16-17H2,1-5H3/t21-/m1/s1. The quantitative estimate of drug-likeness (QED) is 0.646. The highest BCUT2D eigenvalue weighted by Crippen LogP contribution is 2.28. The minimum absolute atomic E-state index is 0.602. The zero-order valence-corrected chi connectivity index (χ0v) is 18.6. The Morgan fingerprint density at radius 2 is 2.00 bits per heavy atom. The summed E-state index contributed by atoms with van der Waals surface area (Å²) in [6, 6.07) is 6.82. The summed E-state index contributed by atoms with van der Waals surface area (Å²) in [5.74, 6) is 1.59. The zero-order valence-electron chi connectivity index (χ0n) is 18.6. The Balaban J connectivity index is 1.54. The zero-order chi connectivity index (χ0) is 20.8. The number of hydrogen-bond acceptors (Lipinski definition) is 5. The highest BCUT2D eigenvalue weighted by molar-refractivity contribution is 5.42. The lowest BCUT2D eigenvalue weighted by molar-refractivity contribution is 0.112. The van der Waals surface area contributed by atoms with Crippen LogP contribution in [0, 0.1) is 6.92 Å². The van der Waals surface area contributed by atoms with Crippen LogP contribution in [-0.2, 0) is 19.5 Å². The van der Waals surface area contributed by atoms with Crippen molar-refractivity contribution in [1.82, 2.24) is 19.6 Å². The molecule has 3 rings (SSSR count). The number of benzene rings is 1. The van der Waals surface area contributed by atoms with Crippen molar-refractivity contribution >= 4 is 0 Å². The van der Waals surface area contributed by atoms with Gasteiger partial charge in [-0.05, 0) is 64.4 Å². The molecular formula is C23H36N4O2. The summed E-state index contributed by atoms with van der Waals surface area (Å²) >= 11 is 0. The number of likely N-dealkylation sites (tertiary alicyclic amines) is 1. The molecule has 6 nitrogen and oxygen atoms in total. The van der Waals surface area contributed by atoms with Crippen LogP contribution in [0.4, 0.5) is 0 Å². The maximum Gasteiger partial charge on any atom is 0.160 e. The SMILES string of the molecule is CCn1ncc(CN2CCC[C@@H](N(C)CCc3ccc(OC)c(OC)c3)C2)c1C. The second-order valence-corrected chi connectivity index (χ2v) is 8.02. The monoisotopic (exact) mass is 400 g/mol. The largest absolute Gasteiger partial charge is 0.493 e. The molecule has 2 heterocycles. The lowest BCUT2D eigenvalue weighted by Crippen LogP contribution is -2.46. The van der Waals surface area contributed by atoms with E-state index in [0.717, 1.165) is 44.1 Å². The first-order valence-electron chi connectivity index (χ1n) is 10.7. The number of piperidine rings is 1. The van der Waals surface area contributed by atoms with Gasteiger partial charge in [0.15, 0.2) is 11.5 Å². The summed E-state index contributed by atoms with van der Waals surface area (Å²) in [6.45, 7) is 9.62. The van der Waals surface area contributed by atoms with E-state index in [4.69, 9.17) is 9.47 Å². The number of aromatic nitrogens is 2. The number of methoxy groups -OCH3 is 2. The van der Waals surface area contributed by atoms with E-state index >= 15 is 0 Å². The molecule has 0 radical (unpaired) electrons. The molecule has 1 saturated heterocycles. The van der Waals surface area contributed by atoms with E-state index < -0.39 is 0 Å². The number of aryl methyl sites for hydroxylation is 1. The molecule has 29 heavy (non-hydrogen) atoms. The molecule has 0 saturated carbocycles. The molecule has 1 aromatic carbocycles. The lowest BCUT2D eigenvalue weighted by atomic mass is 10.0. The third-order valence-electron chi connectivity index (χ3n) is 6.20. The molecule has 1 fully saturated rings. The van der Waals surface area contributed by atoms with E-state index in [1.165, 1.54) is 36.2 Å². The highest BCUT2D eigenvalue weighted by atomic mass is 16.5. The molecule has 1 aliphatic heterocycles. The summed E-state index contributed by atoms with van der Waals surface area (Å²) < 4.78 is 12.9. The summed E-state index contributed by atoms with van der Waals surface area (Å²) in [5.41, 5.74) is 3.95. The van der Waals surface area contributed by atoms with E-state index in [0.29, 0.717) is 6.04 Å². The van der Waals surface area contributed by atoms with Crippen molar-refractivity contribution < 1.29 is 9.47 Å². The predicted molar refractivity (Wildman–Crippen MR) is 117 cm³/mol. The second-order valence-electron chi connectivity index (χ2n) is 8.02. The van der Waals surface area contributed by atoms with Crippen LogP contribution in [0.15, 0.2) is 24.4 Å². The summed E-state index contributed by atoms with van der Waals surface area (Å²) in [5, 5.41) is 4.50. The molecule has 6 heteroatoms. The van der Waals surface area contributed by atoms with Gasteiger partial charge in [0.1, 0.15) is 0 Å². The van der Waals surface area contributed by atoms with Crippen molar-refractivity contribution in [2.75, 3.05) is 40.9 Å². The Morgan fingerprint density at radius 1 is 1.21 bits per heavy atom. The number of rotatable bonds is 9. The fourth-order valence-corrected chi connectivity index (χ4v) is 4.26. The van der Waals surface area contributed by atoms with Crippen molar-refractivity contribution in [3.63, 3.8) is 0 Å². The van der Waals surface area contributed by atoms with Gasteiger partial charge < -0.3 is 14.4 Å². The average Bonchev–Trinajstić information content (AvgIpc) is 3.11. The topological polar surface area (TPSA) is 42.8 Å². The number of nitrogens with zero attached hydrogens (tertiary/aromatic N) is 4. The average molecular weight is 401 g/mol. The van der Waals surface area contributed by atoms with Gasteiger partial charge in [0.2, 0.25) is 0 Å². The van der Waals surface area contributed by atoms with Gasteiger partial charge in [-0.1, -0.05) is 6.07 Å². The van der Waals surface area contributed by atoms with Crippen LogP contribution in [0.25, 0.3) is 0 Å². The van der Waals surface area contributed by atoms with Crippen molar-refractivity contribution in [3.8, 4) is 11.5 Å². The van der Waals surface area contributed by atoms with E-state index in [2.05, 4.69) is 52.6 Å². The Kier molecular flexibility index (Phi) is 7.56. The van der Waals surface area contributed by atoms with Crippen molar-refractivity contribution in [1.29, 1.82) is 0 Å². The third-order valence-corrected chi connectivity index (χ3v) is 6.20. The van der Waals surface area contributed by atoms with Gasteiger partial charge in [-0.15, -0.1) is 0 Å². The molecule has 0 unspecified atom stereocenters. The van der Waals surface area contributed by atoms with Crippen LogP contribution < -0.4 is 9.47 Å². The Hall–Kier alpha value is -2.05. The van der Waals surface area contributed by atoms with Crippen LogP contribution in [0.3, 0.4) is 0 Å². The second kappa shape index (κ2) is 10.1. The third kappa shape index (κ3) is 5.31. The molecule has 2 aromatic rings. The van der Waals surface area contributed by atoms with E-state index in [1.807, 2.05) is 12.3 Å². The lowest BCUT2D eigenvalue weighted by Gasteiger charge is -2.37. The highest BCUT2D eigenvalue weighted by Gasteiger charge is 2.24. The van der Waals surface area contributed by atoms with Gasteiger partial charge in [0, 0.05) is 43.5 Å². The van der Waals surface area contributed by atoms with Gasteiger partial charge in [-0.25, -0.2) is 0 Å². The van der Waals surface area contributed by atoms with Gasteiger partial charge in [-0.3, -0.25) is 9.58 Å². The van der Waals surface area contributed by atoms with Gasteiger partial charge in [0.05, 0.1) is 20.4 Å². The van der Waals surface area contributed by atoms with E-state index in [-0.39, 0.29) is 0 Å². The Labute approximate surface area is 175 Å². The molecule has 160 valence electrons. The van der Waals surface area contributed by atoms with E-state index in [9.17, 15) is 0 Å². The summed E-state index contributed by atoms with van der Waals surface area (Å²) in [4.78, 5) is 5.11. The maximum atomic E-state index is 5.44. The summed E-state index contributed by atoms with van der Waals surface area (Å²) in [6.07, 6.45) is 5.58. The van der Waals surface area contributed by atoms with Crippen LogP contribution in [0.5, 0.6) is 11.5 Å². The van der Waals surface area contributed by atoms with Crippen molar-refractivity contribution in [3.05, 3.63) is 41.2 Å². The minimum atomic E-state index is 0.602. The molecule has 0 amide bonds. The van der Waals surface area contributed by atoms with Gasteiger partial charge in [0.25, 0.3) is 0 Å². The normalized spacial score (nSPS) is 17.7. The maximum absolute atomic E-state index is 5.44. The predicted octanol–water partition coefficient (Wildman–Crippen LogP) is 3.37. The minimum Gasteiger partial charge on any atom is -0.493 e. The van der Waals surface area contributed by atoms with Crippen LogP contribution in [0.2, 0.25) is 0 Å². The molecule has 1 atom stereocenters. The molecule has 0 N–H and O–H groups in total.